The molecule has 4 rings (SSSR count). The fourth-order valence-corrected chi connectivity index (χ4v) is 3.65. The van der Waals surface area contributed by atoms with Gasteiger partial charge in [0.1, 0.15) is 12.1 Å². The summed E-state index contributed by atoms with van der Waals surface area (Å²) in [5.74, 6) is -1.12. The van der Waals surface area contributed by atoms with Crippen LogP contribution in [-0.2, 0) is 9.59 Å². The lowest BCUT2D eigenvalue weighted by Gasteiger charge is -2.12. The lowest BCUT2D eigenvalue weighted by molar-refractivity contribution is -0.127. The minimum absolute atomic E-state index is 0.0603. The Morgan fingerprint density at radius 1 is 1.03 bits per heavy atom. The molecule has 2 heterocycles. The first-order valence-corrected chi connectivity index (χ1v) is 9.46. The zero-order chi connectivity index (χ0) is 20.4. The molecular weight excluding hydrogens is 392 g/mol. The number of nitrogens with zero attached hydrogens (tertiary/aromatic N) is 1. The molecule has 0 unspecified atom stereocenters. The number of para-hydroxylation sites is 2. The van der Waals surface area contributed by atoms with Crippen LogP contribution in [0.2, 0.25) is 0 Å². The van der Waals surface area contributed by atoms with Crippen molar-refractivity contribution in [3.63, 3.8) is 0 Å². The van der Waals surface area contributed by atoms with Crippen LogP contribution in [0.25, 0.3) is 17.0 Å². The molecule has 1 N–H and O–H groups in total. The van der Waals surface area contributed by atoms with Crippen LogP contribution < -0.4 is 10.9 Å². The van der Waals surface area contributed by atoms with Crippen LogP contribution in [0.5, 0.6) is 0 Å². The van der Waals surface area contributed by atoms with Gasteiger partial charge in [-0.3, -0.25) is 19.3 Å². The van der Waals surface area contributed by atoms with Crippen molar-refractivity contribution in [3.05, 3.63) is 81.6 Å². The molecule has 1 aliphatic heterocycles. The molecule has 2 aromatic carbocycles. The highest BCUT2D eigenvalue weighted by Crippen LogP contribution is 2.32. The molecule has 1 fully saturated rings. The molecular formula is C21H14N2O5S. The van der Waals surface area contributed by atoms with Gasteiger partial charge in [-0.2, -0.15) is 0 Å². The van der Waals surface area contributed by atoms with Crippen molar-refractivity contribution >= 4 is 51.5 Å². The summed E-state index contributed by atoms with van der Waals surface area (Å²) in [6, 6.07) is 17.3. The number of nitrogens with one attached hydrogen (secondary N) is 1. The molecule has 7 nitrogen and oxygen atoms in total. The third-order valence-corrected chi connectivity index (χ3v) is 5.10. The number of hydrogen-bond acceptors (Lipinski definition) is 6. The number of amides is 3. The normalized spacial score (nSPS) is 15.3. The zero-order valence-electron chi connectivity index (χ0n) is 15.0. The summed E-state index contributed by atoms with van der Waals surface area (Å²) in [5.41, 5.74) is 0.536. The average Bonchev–Trinajstić information content (AvgIpc) is 2.96. The van der Waals surface area contributed by atoms with E-state index >= 15 is 0 Å². The van der Waals surface area contributed by atoms with Crippen LogP contribution >= 0.6 is 11.8 Å². The maximum atomic E-state index is 12.6. The van der Waals surface area contributed by atoms with E-state index in [-0.39, 0.29) is 10.5 Å². The SMILES string of the molecule is O=C(CN1C(=O)S/C(=C/c2cc3ccccc3oc2=O)C1=O)Nc1ccccc1. The van der Waals surface area contributed by atoms with E-state index < -0.39 is 29.2 Å². The third kappa shape index (κ3) is 3.97. The van der Waals surface area contributed by atoms with E-state index in [0.29, 0.717) is 28.4 Å². The van der Waals surface area contributed by atoms with Gasteiger partial charge in [0.2, 0.25) is 5.91 Å². The topological polar surface area (TPSA) is 96.7 Å². The van der Waals surface area contributed by atoms with Crippen molar-refractivity contribution < 1.29 is 18.8 Å². The number of imide groups is 1. The number of rotatable bonds is 4. The van der Waals surface area contributed by atoms with Crippen LogP contribution in [0.3, 0.4) is 0 Å². The Bertz CT molecular complexity index is 1220. The second-order valence-electron chi connectivity index (χ2n) is 6.21. The van der Waals surface area contributed by atoms with Crippen LogP contribution in [0.15, 0.2) is 74.8 Å². The van der Waals surface area contributed by atoms with E-state index in [1.165, 1.54) is 6.08 Å². The van der Waals surface area contributed by atoms with Gasteiger partial charge >= 0.3 is 5.63 Å². The third-order valence-electron chi connectivity index (χ3n) is 4.19. The highest BCUT2D eigenvalue weighted by atomic mass is 32.2. The lowest BCUT2D eigenvalue weighted by atomic mass is 10.2. The van der Waals surface area contributed by atoms with Gasteiger partial charge in [0, 0.05) is 11.1 Å². The van der Waals surface area contributed by atoms with Crippen LogP contribution in [-0.4, -0.2) is 28.5 Å². The van der Waals surface area contributed by atoms with Crippen molar-refractivity contribution in [1.82, 2.24) is 4.90 Å². The summed E-state index contributed by atoms with van der Waals surface area (Å²) in [7, 11) is 0. The van der Waals surface area contributed by atoms with Gasteiger partial charge in [0.15, 0.2) is 0 Å². The van der Waals surface area contributed by atoms with Crippen molar-refractivity contribution in [2.75, 3.05) is 11.9 Å². The summed E-state index contributed by atoms with van der Waals surface area (Å²) in [6.07, 6.45) is 1.32. The summed E-state index contributed by atoms with van der Waals surface area (Å²) in [6.45, 7) is -0.413. The lowest BCUT2D eigenvalue weighted by Crippen LogP contribution is -2.36. The van der Waals surface area contributed by atoms with Gasteiger partial charge < -0.3 is 9.73 Å². The standard InChI is InChI=1S/C21H14N2O5S/c24-18(22-15-7-2-1-3-8-15)12-23-19(25)17(29-21(23)27)11-14-10-13-6-4-5-9-16(13)28-20(14)26/h1-11H,12H2,(H,22,24)/b17-11+. The quantitative estimate of drug-likeness (QED) is 0.526. The predicted molar refractivity (Wildman–Crippen MR) is 110 cm³/mol. The highest BCUT2D eigenvalue weighted by molar-refractivity contribution is 8.18. The van der Waals surface area contributed by atoms with Gasteiger partial charge in [-0.15, -0.1) is 0 Å². The molecule has 1 saturated heterocycles. The van der Waals surface area contributed by atoms with Crippen LogP contribution in [0, 0.1) is 0 Å². The number of fused-ring (bicyclic) bond motifs is 1. The molecule has 0 aliphatic carbocycles. The molecule has 3 amide bonds. The molecule has 1 aliphatic rings. The van der Waals surface area contributed by atoms with Gasteiger partial charge in [0.25, 0.3) is 11.1 Å². The van der Waals surface area contributed by atoms with Crippen molar-refractivity contribution in [3.8, 4) is 0 Å². The van der Waals surface area contributed by atoms with Crippen LogP contribution in [0.1, 0.15) is 5.56 Å². The Kier molecular flexibility index (Phi) is 5.01. The Morgan fingerprint density at radius 2 is 1.76 bits per heavy atom. The maximum Gasteiger partial charge on any atom is 0.343 e. The summed E-state index contributed by atoms with van der Waals surface area (Å²) in [5, 5.41) is 2.74. The average molecular weight is 406 g/mol. The van der Waals surface area contributed by atoms with Crippen LogP contribution in [0.4, 0.5) is 10.5 Å². The maximum absolute atomic E-state index is 12.6. The van der Waals surface area contributed by atoms with Gasteiger partial charge in [-0.05, 0) is 42.1 Å². The van der Waals surface area contributed by atoms with E-state index in [9.17, 15) is 19.2 Å². The van der Waals surface area contributed by atoms with E-state index in [0.717, 1.165) is 4.90 Å². The van der Waals surface area contributed by atoms with E-state index in [1.54, 1.807) is 60.7 Å². The first-order valence-electron chi connectivity index (χ1n) is 8.64. The molecule has 1 aromatic heterocycles. The van der Waals surface area contributed by atoms with Crippen molar-refractivity contribution in [1.29, 1.82) is 0 Å². The fraction of sp³-hybridized carbons (Fsp3) is 0.0476. The second-order valence-corrected chi connectivity index (χ2v) is 7.20. The number of anilines is 1. The largest absolute Gasteiger partial charge is 0.422 e. The first-order chi connectivity index (χ1) is 14.0. The molecule has 29 heavy (non-hydrogen) atoms. The van der Waals surface area contributed by atoms with Crippen molar-refractivity contribution in [2.45, 2.75) is 0 Å². The molecule has 0 saturated carbocycles. The highest BCUT2D eigenvalue weighted by Gasteiger charge is 2.36. The smallest absolute Gasteiger partial charge is 0.343 e. The number of benzene rings is 2. The van der Waals surface area contributed by atoms with E-state index in [2.05, 4.69) is 5.32 Å². The van der Waals surface area contributed by atoms with Gasteiger partial charge in [-0.1, -0.05) is 36.4 Å². The monoisotopic (exact) mass is 406 g/mol. The van der Waals surface area contributed by atoms with E-state index in [1.807, 2.05) is 0 Å². The molecule has 0 atom stereocenters. The summed E-state index contributed by atoms with van der Waals surface area (Å²) >= 11 is 0.677. The minimum Gasteiger partial charge on any atom is -0.422 e. The summed E-state index contributed by atoms with van der Waals surface area (Å²) < 4.78 is 5.24. The Balaban J connectivity index is 1.54. The summed E-state index contributed by atoms with van der Waals surface area (Å²) in [4.78, 5) is 50.1. The molecule has 0 spiro atoms. The zero-order valence-corrected chi connectivity index (χ0v) is 15.8. The Morgan fingerprint density at radius 3 is 2.55 bits per heavy atom. The number of carbonyl (C=O) groups excluding carboxylic acids is 3. The molecule has 0 bridgehead atoms. The number of hydrogen-bond donors (Lipinski definition) is 1. The number of thioether (sulfide) groups is 1. The van der Waals surface area contributed by atoms with Gasteiger partial charge in [-0.25, -0.2) is 4.79 Å². The molecule has 144 valence electrons. The Labute approximate surface area is 169 Å². The number of carbonyl (C=O) groups is 3. The first kappa shape index (κ1) is 18.7. The molecule has 3 aromatic rings. The van der Waals surface area contributed by atoms with E-state index in [4.69, 9.17) is 4.42 Å². The fourth-order valence-electron chi connectivity index (χ4n) is 2.82. The predicted octanol–water partition coefficient (Wildman–Crippen LogP) is 3.47. The molecule has 8 heteroatoms. The van der Waals surface area contributed by atoms with Gasteiger partial charge in [0.05, 0.1) is 10.5 Å². The molecule has 0 radical (unpaired) electrons. The second kappa shape index (κ2) is 7.76. The van der Waals surface area contributed by atoms with Crippen molar-refractivity contribution in [2.24, 2.45) is 0 Å². The minimum atomic E-state index is -0.629. The Hall–Kier alpha value is -3.65.